The average Bonchev–Trinajstić information content (AvgIpc) is 3.03. The normalized spacial score (nSPS) is 21.8. The number of ketones is 1. The Morgan fingerprint density at radius 1 is 1.19 bits per heavy atom. The summed E-state index contributed by atoms with van der Waals surface area (Å²) in [5.74, 6) is -2.14. The van der Waals surface area contributed by atoms with E-state index in [9.17, 15) is 14.7 Å². The summed E-state index contributed by atoms with van der Waals surface area (Å²) in [6.07, 6.45) is 3.50. The van der Waals surface area contributed by atoms with Crippen LogP contribution >= 0.6 is 23.2 Å². The largest absolute Gasteiger partial charge is 0.481 e. The number of fused-ring (bicyclic) bond motifs is 1. The van der Waals surface area contributed by atoms with Crippen molar-refractivity contribution < 1.29 is 14.7 Å². The quantitative estimate of drug-likeness (QED) is 0.832. The number of H-pyrrole nitrogens is 1. The molecule has 2 N–H and O–H groups in total. The Kier molecular flexibility index (Phi) is 3.68. The van der Waals surface area contributed by atoms with Crippen LogP contribution in [-0.2, 0) is 4.79 Å². The van der Waals surface area contributed by atoms with Crippen LogP contribution in [0.1, 0.15) is 29.6 Å². The van der Waals surface area contributed by atoms with E-state index in [1.54, 1.807) is 18.3 Å². The lowest BCUT2D eigenvalue weighted by Crippen LogP contribution is -2.25. The number of aliphatic carboxylic acids is 1. The summed E-state index contributed by atoms with van der Waals surface area (Å²) in [7, 11) is 0. The Balaban J connectivity index is 2.04. The third-order valence-corrected chi connectivity index (χ3v) is 4.65. The van der Waals surface area contributed by atoms with E-state index >= 15 is 0 Å². The van der Waals surface area contributed by atoms with E-state index in [1.165, 1.54) is 0 Å². The van der Waals surface area contributed by atoms with Crippen LogP contribution in [0.2, 0.25) is 10.0 Å². The number of carboxylic acid groups (broad SMARTS) is 1. The van der Waals surface area contributed by atoms with Gasteiger partial charge in [0, 0.05) is 33.6 Å². The third kappa shape index (κ3) is 2.43. The summed E-state index contributed by atoms with van der Waals surface area (Å²) in [5.41, 5.74) is 1.13. The SMILES string of the molecule is O=C(O)C1CCCC1C(=O)c1c[nH]c2cc(Cl)cc(Cl)c12. The lowest BCUT2D eigenvalue weighted by atomic mass is 9.88. The first-order chi connectivity index (χ1) is 9.99. The molecule has 2 unspecified atom stereocenters. The zero-order chi connectivity index (χ0) is 15.1. The summed E-state index contributed by atoms with van der Waals surface area (Å²) < 4.78 is 0. The fourth-order valence-corrected chi connectivity index (χ4v) is 3.74. The first-order valence-electron chi connectivity index (χ1n) is 6.72. The van der Waals surface area contributed by atoms with Crippen LogP contribution in [0.5, 0.6) is 0 Å². The molecule has 0 aliphatic heterocycles. The first kappa shape index (κ1) is 14.4. The molecular formula is C15H13Cl2NO3. The summed E-state index contributed by atoms with van der Waals surface area (Å²) in [6.45, 7) is 0. The predicted octanol–water partition coefficient (Wildman–Crippen LogP) is 4.16. The monoisotopic (exact) mass is 325 g/mol. The van der Waals surface area contributed by atoms with Crippen molar-refractivity contribution in [3.63, 3.8) is 0 Å². The molecule has 0 radical (unpaired) electrons. The number of aromatic nitrogens is 1. The number of carbonyl (C=O) groups is 2. The Bertz CT molecular complexity index is 738. The number of hydrogen-bond acceptors (Lipinski definition) is 2. The molecule has 1 fully saturated rings. The maximum Gasteiger partial charge on any atom is 0.307 e. The van der Waals surface area contributed by atoms with Crippen LogP contribution in [0, 0.1) is 11.8 Å². The Hall–Kier alpha value is -1.52. The van der Waals surface area contributed by atoms with Gasteiger partial charge in [-0.1, -0.05) is 29.6 Å². The molecule has 4 nitrogen and oxygen atoms in total. The zero-order valence-electron chi connectivity index (χ0n) is 11.0. The molecule has 0 spiro atoms. The van der Waals surface area contributed by atoms with Gasteiger partial charge in [0.05, 0.1) is 10.9 Å². The van der Waals surface area contributed by atoms with Crippen molar-refractivity contribution >= 4 is 45.9 Å². The maximum atomic E-state index is 12.7. The van der Waals surface area contributed by atoms with Crippen LogP contribution in [0.25, 0.3) is 10.9 Å². The highest BCUT2D eigenvalue weighted by Crippen LogP contribution is 2.37. The molecule has 2 aromatic rings. The van der Waals surface area contributed by atoms with E-state index in [0.717, 1.165) is 6.42 Å². The number of halogens is 2. The van der Waals surface area contributed by atoms with Gasteiger partial charge in [0.15, 0.2) is 5.78 Å². The molecule has 110 valence electrons. The number of nitrogens with one attached hydrogen (secondary N) is 1. The van der Waals surface area contributed by atoms with E-state index in [1.807, 2.05) is 0 Å². The first-order valence-corrected chi connectivity index (χ1v) is 7.47. The molecule has 0 bridgehead atoms. The Morgan fingerprint density at radius 3 is 2.62 bits per heavy atom. The molecule has 1 aromatic heterocycles. The number of aromatic amines is 1. The van der Waals surface area contributed by atoms with Crippen LogP contribution in [0.3, 0.4) is 0 Å². The van der Waals surface area contributed by atoms with Crippen molar-refractivity contribution in [3.8, 4) is 0 Å². The minimum absolute atomic E-state index is 0.157. The molecule has 1 aliphatic rings. The van der Waals surface area contributed by atoms with E-state index in [-0.39, 0.29) is 5.78 Å². The summed E-state index contributed by atoms with van der Waals surface area (Å²) in [6, 6.07) is 3.28. The van der Waals surface area contributed by atoms with E-state index in [2.05, 4.69) is 4.98 Å². The molecule has 0 amide bonds. The van der Waals surface area contributed by atoms with Crippen molar-refractivity contribution in [2.45, 2.75) is 19.3 Å². The number of benzene rings is 1. The molecule has 0 saturated heterocycles. The van der Waals surface area contributed by atoms with Crippen LogP contribution in [0.4, 0.5) is 0 Å². The lowest BCUT2D eigenvalue weighted by molar-refractivity contribution is -0.142. The van der Waals surface area contributed by atoms with Gasteiger partial charge in [-0.25, -0.2) is 0 Å². The van der Waals surface area contributed by atoms with Crippen LogP contribution in [0.15, 0.2) is 18.3 Å². The number of carboxylic acids is 1. The van der Waals surface area contributed by atoms with Gasteiger partial charge in [0.2, 0.25) is 0 Å². The standard InChI is InChI=1S/C15H13Cl2NO3/c16-7-4-11(17)13-10(6-18-12(13)5-7)14(19)8-2-1-3-9(8)15(20)21/h4-6,8-9,18H,1-3H2,(H,20,21). The van der Waals surface area contributed by atoms with Gasteiger partial charge in [-0.05, 0) is 25.0 Å². The van der Waals surface area contributed by atoms with Crippen LogP contribution < -0.4 is 0 Å². The fraction of sp³-hybridized carbons (Fsp3) is 0.333. The zero-order valence-corrected chi connectivity index (χ0v) is 12.5. The molecule has 21 heavy (non-hydrogen) atoms. The molecule has 1 heterocycles. The average molecular weight is 326 g/mol. The molecule has 6 heteroatoms. The smallest absolute Gasteiger partial charge is 0.307 e. The van der Waals surface area contributed by atoms with Crippen molar-refractivity contribution in [1.82, 2.24) is 4.98 Å². The maximum absolute atomic E-state index is 12.7. The van der Waals surface area contributed by atoms with Crippen molar-refractivity contribution in [2.75, 3.05) is 0 Å². The number of hydrogen-bond donors (Lipinski definition) is 2. The third-order valence-electron chi connectivity index (χ3n) is 4.13. The topological polar surface area (TPSA) is 70.2 Å². The second-order valence-corrected chi connectivity index (χ2v) is 6.20. The summed E-state index contributed by atoms with van der Waals surface area (Å²) in [4.78, 5) is 26.9. The van der Waals surface area contributed by atoms with Gasteiger partial charge >= 0.3 is 5.97 Å². The second-order valence-electron chi connectivity index (χ2n) is 5.36. The second kappa shape index (κ2) is 5.35. The molecular weight excluding hydrogens is 313 g/mol. The molecule has 1 aliphatic carbocycles. The molecule has 1 aromatic carbocycles. The minimum atomic E-state index is -0.903. The number of rotatable bonds is 3. The number of Topliss-reactive ketones (excluding diaryl/α,β-unsaturated/α-hetero) is 1. The highest BCUT2D eigenvalue weighted by molar-refractivity contribution is 6.39. The van der Waals surface area contributed by atoms with Crippen molar-refractivity contribution in [1.29, 1.82) is 0 Å². The molecule has 1 saturated carbocycles. The number of carbonyl (C=O) groups excluding carboxylic acids is 1. The van der Waals surface area contributed by atoms with Gasteiger partial charge in [-0.2, -0.15) is 0 Å². The lowest BCUT2D eigenvalue weighted by Gasteiger charge is -2.14. The summed E-state index contributed by atoms with van der Waals surface area (Å²) in [5, 5.41) is 10.7. The van der Waals surface area contributed by atoms with Gasteiger partial charge in [0.1, 0.15) is 0 Å². The van der Waals surface area contributed by atoms with E-state index in [0.29, 0.717) is 39.4 Å². The van der Waals surface area contributed by atoms with Gasteiger partial charge in [0.25, 0.3) is 0 Å². The highest BCUT2D eigenvalue weighted by Gasteiger charge is 2.38. The molecule has 2 atom stereocenters. The minimum Gasteiger partial charge on any atom is -0.481 e. The Labute approximate surface area is 131 Å². The fourth-order valence-electron chi connectivity index (χ4n) is 3.15. The summed E-state index contributed by atoms with van der Waals surface area (Å²) >= 11 is 12.1. The van der Waals surface area contributed by atoms with Gasteiger partial charge < -0.3 is 10.1 Å². The highest BCUT2D eigenvalue weighted by atomic mass is 35.5. The molecule has 3 rings (SSSR count). The van der Waals surface area contributed by atoms with Crippen molar-refractivity contribution in [3.05, 3.63) is 33.9 Å². The van der Waals surface area contributed by atoms with E-state index < -0.39 is 17.8 Å². The predicted molar refractivity (Wildman–Crippen MR) is 81.1 cm³/mol. The Morgan fingerprint density at radius 2 is 1.90 bits per heavy atom. The van der Waals surface area contributed by atoms with Gasteiger partial charge in [-0.15, -0.1) is 0 Å². The van der Waals surface area contributed by atoms with Crippen molar-refractivity contribution in [2.24, 2.45) is 11.8 Å². The van der Waals surface area contributed by atoms with Crippen LogP contribution in [-0.4, -0.2) is 21.8 Å². The van der Waals surface area contributed by atoms with E-state index in [4.69, 9.17) is 23.2 Å². The van der Waals surface area contributed by atoms with Gasteiger partial charge in [-0.3, -0.25) is 9.59 Å².